The number of hydrogen-bond donors (Lipinski definition) is 0. The van der Waals surface area contributed by atoms with Crippen LogP contribution in [0.3, 0.4) is 0 Å². The molecule has 4 aromatic rings. The average molecular weight is 440 g/mol. The van der Waals surface area contributed by atoms with Gasteiger partial charge in [0.1, 0.15) is 0 Å². The van der Waals surface area contributed by atoms with Crippen LogP contribution >= 0.6 is 15.8 Å². The van der Waals surface area contributed by atoms with Gasteiger partial charge >= 0.3 is 0 Å². The number of hydrogen-bond acceptors (Lipinski definition) is 1. The Balaban J connectivity index is 1.50. The summed E-state index contributed by atoms with van der Waals surface area (Å²) in [5, 5.41) is 5.04. The fourth-order valence-electron chi connectivity index (χ4n) is 3.71. The second-order valence-electron chi connectivity index (χ2n) is 7.33. The molecule has 3 heteroatoms. The molecule has 4 aromatic carbocycles. The van der Waals surface area contributed by atoms with Crippen LogP contribution in [0.2, 0.25) is 0 Å². The van der Waals surface area contributed by atoms with Gasteiger partial charge in [-0.05, 0) is 41.7 Å². The van der Waals surface area contributed by atoms with E-state index in [1.54, 1.807) is 0 Å². The van der Waals surface area contributed by atoms with Crippen molar-refractivity contribution in [1.82, 2.24) is 0 Å². The van der Waals surface area contributed by atoms with E-state index < -0.39 is 15.8 Å². The molecule has 0 unspecified atom stereocenters. The summed E-state index contributed by atoms with van der Waals surface area (Å²) < 4.78 is 0. The second kappa shape index (κ2) is 11.1. The minimum Gasteiger partial charge on any atom is -0.294 e. The van der Waals surface area contributed by atoms with Crippen molar-refractivity contribution in [3.05, 3.63) is 121 Å². The van der Waals surface area contributed by atoms with Crippen LogP contribution in [0.4, 0.5) is 0 Å². The lowest BCUT2D eigenvalue weighted by atomic mass is 10.3. The zero-order valence-corrected chi connectivity index (χ0v) is 19.3. The number of carbonyl (C=O) groups excluding carboxylic acids is 1. The van der Waals surface area contributed by atoms with Gasteiger partial charge < -0.3 is 0 Å². The molecule has 0 aliphatic heterocycles. The van der Waals surface area contributed by atoms with Crippen molar-refractivity contribution in [1.29, 1.82) is 0 Å². The summed E-state index contributed by atoms with van der Waals surface area (Å²) in [6.45, 7) is 0. The van der Waals surface area contributed by atoms with E-state index in [1.807, 2.05) is 36.4 Å². The topological polar surface area (TPSA) is 17.1 Å². The summed E-state index contributed by atoms with van der Waals surface area (Å²) >= 11 is 0. The van der Waals surface area contributed by atoms with E-state index in [9.17, 15) is 4.79 Å². The van der Waals surface area contributed by atoms with Crippen LogP contribution in [0.1, 0.15) is 12.8 Å². The first-order valence-corrected chi connectivity index (χ1v) is 13.5. The summed E-state index contributed by atoms with van der Waals surface area (Å²) in [5.74, 6) is 0. The molecule has 31 heavy (non-hydrogen) atoms. The Morgan fingerprint density at radius 2 is 0.871 bits per heavy atom. The fourth-order valence-corrected chi connectivity index (χ4v) is 8.26. The van der Waals surface area contributed by atoms with Gasteiger partial charge in [-0.3, -0.25) is 4.79 Å². The van der Waals surface area contributed by atoms with Crippen molar-refractivity contribution in [2.45, 2.75) is 12.8 Å². The largest absolute Gasteiger partial charge is 0.294 e. The van der Waals surface area contributed by atoms with Crippen LogP contribution < -0.4 is 21.2 Å². The SMILES string of the molecule is O=C(CCCP(c1ccccc1)c1ccccc1)P(c1ccccc1)c1ccccc1. The molecule has 0 aliphatic carbocycles. The third-order valence-corrected chi connectivity index (χ3v) is 10.1. The standard InChI is InChI=1S/C28H26OP2/c29-28(31(26-18-9-3-10-19-26)27-20-11-4-12-21-27)22-13-23-30(24-14-5-1-6-15-24)25-16-7-2-8-17-25/h1-12,14-21H,13,22-23H2. The first-order valence-electron chi connectivity index (χ1n) is 10.6. The maximum absolute atomic E-state index is 13.4. The minimum atomic E-state index is -0.983. The van der Waals surface area contributed by atoms with Crippen LogP contribution in [-0.4, -0.2) is 11.7 Å². The highest BCUT2D eigenvalue weighted by atomic mass is 31.1. The third-order valence-electron chi connectivity index (χ3n) is 5.19. The van der Waals surface area contributed by atoms with Gasteiger partial charge in [0, 0.05) is 14.3 Å². The van der Waals surface area contributed by atoms with Crippen molar-refractivity contribution in [2.24, 2.45) is 0 Å². The monoisotopic (exact) mass is 440 g/mol. The van der Waals surface area contributed by atoms with Crippen LogP contribution in [0, 0.1) is 0 Å². The van der Waals surface area contributed by atoms with Crippen molar-refractivity contribution in [3.8, 4) is 0 Å². The van der Waals surface area contributed by atoms with Crippen molar-refractivity contribution in [3.63, 3.8) is 0 Å². The molecular weight excluding hydrogens is 414 g/mol. The molecule has 154 valence electrons. The molecule has 0 amide bonds. The Bertz CT molecular complexity index is 988. The molecule has 0 atom stereocenters. The van der Waals surface area contributed by atoms with Gasteiger partial charge in [-0.1, -0.05) is 121 Å². The van der Waals surface area contributed by atoms with Crippen molar-refractivity contribution >= 4 is 42.6 Å². The first-order chi connectivity index (χ1) is 15.3. The normalized spacial score (nSPS) is 11.0. The third kappa shape index (κ3) is 5.76. The highest BCUT2D eigenvalue weighted by molar-refractivity contribution is 7.87. The number of rotatable bonds is 9. The molecule has 0 heterocycles. The van der Waals surface area contributed by atoms with Gasteiger partial charge in [0.15, 0.2) is 5.52 Å². The highest BCUT2D eigenvalue weighted by Gasteiger charge is 2.22. The zero-order valence-electron chi connectivity index (χ0n) is 17.5. The number of benzene rings is 4. The van der Waals surface area contributed by atoms with E-state index in [-0.39, 0.29) is 0 Å². The average Bonchev–Trinajstić information content (AvgIpc) is 2.84. The van der Waals surface area contributed by atoms with Crippen molar-refractivity contribution < 1.29 is 4.79 Å². The second-order valence-corrected chi connectivity index (χ2v) is 11.9. The molecule has 0 aliphatic rings. The summed E-state index contributed by atoms with van der Waals surface area (Å²) in [4.78, 5) is 13.4. The van der Waals surface area contributed by atoms with Gasteiger partial charge in [0.25, 0.3) is 0 Å². The minimum absolute atomic E-state index is 0.364. The Morgan fingerprint density at radius 3 is 1.26 bits per heavy atom. The molecular formula is C28H26OP2. The lowest BCUT2D eigenvalue weighted by molar-refractivity contribution is -0.111. The van der Waals surface area contributed by atoms with Gasteiger partial charge in [-0.2, -0.15) is 0 Å². The van der Waals surface area contributed by atoms with Crippen molar-refractivity contribution in [2.75, 3.05) is 6.16 Å². The molecule has 4 rings (SSSR count). The molecule has 0 saturated carbocycles. The van der Waals surface area contributed by atoms with E-state index in [2.05, 4.69) is 84.9 Å². The lowest BCUT2D eigenvalue weighted by Crippen LogP contribution is -2.19. The number of carbonyl (C=O) groups is 1. The molecule has 0 bridgehead atoms. The Morgan fingerprint density at radius 1 is 0.516 bits per heavy atom. The van der Waals surface area contributed by atoms with E-state index in [4.69, 9.17) is 0 Å². The van der Waals surface area contributed by atoms with Gasteiger partial charge in [0.05, 0.1) is 0 Å². The van der Waals surface area contributed by atoms with E-state index in [0.29, 0.717) is 11.9 Å². The molecule has 0 radical (unpaired) electrons. The Labute approximate surface area is 187 Å². The Hall–Kier alpha value is -2.59. The predicted molar refractivity (Wildman–Crippen MR) is 137 cm³/mol. The first kappa shape index (κ1) is 21.6. The maximum atomic E-state index is 13.4. The van der Waals surface area contributed by atoms with Crippen LogP contribution in [0.25, 0.3) is 0 Å². The fraction of sp³-hybridized carbons (Fsp3) is 0.107. The summed E-state index contributed by atoms with van der Waals surface area (Å²) in [6, 6.07) is 42.0. The molecule has 0 spiro atoms. The zero-order chi connectivity index (χ0) is 21.3. The maximum Gasteiger partial charge on any atom is 0.163 e. The molecule has 0 N–H and O–H groups in total. The van der Waals surface area contributed by atoms with Crippen LogP contribution in [0.5, 0.6) is 0 Å². The highest BCUT2D eigenvalue weighted by Crippen LogP contribution is 2.39. The summed E-state index contributed by atoms with van der Waals surface area (Å²) in [7, 11) is -1.44. The Kier molecular flexibility index (Phi) is 7.78. The van der Waals surface area contributed by atoms with Gasteiger partial charge in [0.2, 0.25) is 0 Å². The van der Waals surface area contributed by atoms with E-state index in [1.165, 1.54) is 10.6 Å². The van der Waals surface area contributed by atoms with Gasteiger partial charge in [-0.15, -0.1) is 0 Å². The predicted octanol–water partition coefficient (Wildman–Crippen LogP) is 5.56. The van der Waals surface area contributed by atoms with Gasteiger partial charge in [-0.25, -0.2) is 0 Å². The lowest BCUT2D eigenvalue weighted by Gasteiger charge is -2.20. The smallest absolute Gasteiger partial charge is 0.163 e. The summed E-state index contributed by atoms with van der Waals surface area (Å²) in [5.41, 5.74) is 0.364. The van der Waals surface area contributed by atoms with Crippen LogP contribution in [0.15, 0.2) is 121 Å². The van der Waals surface area contributed by atoms with E-state index in [0.717, 1.165) is 23.2 Å². The molecule has 0 aromatic heterocycles. The molecule has 1 nitrogen and oxygen atoms in total. The van der Waals surface area contributed by atoms with Crippen LogP contribution in [-0.2, 0) is 4.79 Å². The van der Waals surface area contributed by atoms with E-state index >= 15 is 0 Å². The molecule has 0 fully saturated rings. The summed E-state index contributed by atoms with van der Waals surface area (Å²) in [6.07, 6.45) is 2.56. The molecule has 0 saturated heterocycles. The quantitative estimate of drug-likeness (QED) is 0.312.